The largest absolute Gasteiger partial charge is 0.598 e. The van der Waals surface area contributed by atoms with Crippen LogP contribution < -0.4 is 4.72 Å². The number of benzene rings is 1. The lowest BCUT2D eigenvalue weighted by Crippen LogP contribution is -2.41. The maximum absolute atomic E-state index is 12.4. The second-order valence-corrected chi connectivity index (χ2v) is 9.37. The van der Waals surface area contributed by atoms with Crippen LogP contribution in [0, 0.1) is 0 Å². The average molecular weight is 372 g/mol. The minimum absolute atomic E-state index is 0.0486. The Morgan fingerprint density at radius 3 is 2.40 bits per heavy atom. The highest BCUT2D eigenvalue weighted by Gasteiger charge is 2.31. The molecule has 20 heavy (non-hydrogen) atoms. The Morgan fingerprint density at radius 2 is 1.90 bits per heavy atom. The molecule has 0 bridgehead atoms. The van der Waals surface area contributed by atoms with Crippen LogP contribution in [0.3, 0.4) is 0 Å². The van der Waals surface area contributed by atoms with E-state index in [1.165, 1.54) is 0 Å². The van der Waals surface area contributed by atoms with Crippen molar-refractivity contribution in [3.05, 3.63) is 56.7 Å². The molecule has 0 aliphatic heterocycles. The van der Waals surface area contributed by atoms with Gasteiger partial charge in [-0.25, -0.2) is 0 Å². The molecule has 2 atom stereocenters. The summed E-state index contributed by atoms with van der Waals surface area (Å²) < 4.78 is 16.5. The zero-order chi connectivity index (χ0) is 14.8. The Hall–Kier alpha value is -0.330. The standard InChI is InChI=1S/C15H18BrNOS2/c1-15(2,3)20(18)17-14(11-7-5-4-6-8-11)13-9-12(16)10-19-13/h4-10,14,17H,1-3H3/t14-,20-/m0/s1. The molecule has 1 heterocycles. The molecular formula is C15H18BrNOS2. The van der Waals surface area contributed by atoms with Crippen LogP contribution in [0.25, 0.3) is 0 Å². The van der Waals surface area contributed by atoms with E-state index in [0.717, 1.165) is 14.9 Å². The highest BCUT2D eigenvalue weighted by atomic mass is 79.9. The van der Waals surface area contributed by atoms with Gasteiger partial charge >= 0.3 is 0 Å². The van der Waals surface area contributed by atoms with Crippen molar-refractivity contribution < 1.29 is 4.55 Å². The molecule has 2 rings (SSSR count). The lowest BCUT2D eigenvalue weighted by molar-refractivity contribution is 0.536. The third kappa shape index (κ3) is 4.09. The Bertz CT molecular complexity index is 551. The van der Waals surface area contributed by atoms with Crippen molar-refractivity contribution in [2.24, 2.45) is 0 Å². The van der Waals surface area contributed by atoms with Crippen LogP contribution in [-0.4, -0.2) is 9.30 Å². The fraction of sp³-hybridized carbons (Fsp3) is 0.333. The van der Waals surface area contributed by atoms with Gasteiger partial charge < -0.3 is 4.55 Å². The summed E-state index contributed by atoms with van der Waals surface area (Å²) in [4.78, 5) is 1.15. The van der Waals surface area contributed by atoms with Crippen LogP contribution in [0.5, 0.6) is 0 Å². The first-order valence-electron chi connectivity index (χ1n) is 6.35. The summed E-state index contributed by atoms with van der Waals surface area (Å²) in [6.07, 6.45) is 0. The van der Waals surface area contributed by atoms with Crippen molar-refractivity contribution in [1.29, 1.82) is 0 Å². The predicted molar refractivity (Wildman–Crippen MR) is 91.3 cm³/mol. The van der Waals surface area contributed by atoms with Gasteiger partial charge in [-0.2, -0.15) is 0 Å². The Balaban J connectivity index is 2.30. The van der Waals surface area contributed by atoms with Crippen molar-refractivity contribution in [2.45, 2.75) is 31.6 Å². The average Bonchev–Trinajstić information content (AvgIpc) is 2.82. The summed E-state index contributed by atoms with van der Waals surface area (Å²) in [5, 5.41) is 2.05. The monoisotopic (exact) mass is 371 g/mol. The van der Waals surface area contributed by atoms with Gasteiger partial charge in [0.1, 0.15) is 10.8 Å². The summed E-state index contributed by atoms with van der Waals surface area (Å²) in [5.74, 6) is 0. The molecular weight excluding hydrogens is 354 g/mol. The lowest BCUT2D eigenvalue weighted by Gasteiger charge is -2.27. The van der Waals surface area contributed by atoms with Crippen molar-refractivity contribution >= 4 is 38.6 Å². The third-order valence-corrected chi connectivity index (χ3v) is 6.11. The van der Waals surface area contributed by atoms with E-state index in [-0.39, 0.29) is 10.8 Å². The second-order valence-electron chi connectivity index (χ2n) is 5.51. The molecule has 5 heteroatoms. The van der Waals surface area contributed by atoms with Crippen LogP contribution in [0.2, 0.25) is 0 Å². The van der Waals surface area contributed by atoms with E-state index in [2.05, 4.69) is 38.9 Å². The fourth-order valence-corrected chi connectivity index (χ4v) is 4.13. The van der Waals surface area contributed by atoms with E-state index in [1.54, 1.807) is 11.3 Å². The van der Waals surface area contributed by atoms with Crippen LogP contribution in [0.1, 0.15) is 37.3 Å². The molecule has 0 saturated heterocycles. The molecule has 0 saturated carbocycles. The second kappa shape index (κ2) is 6.62. The molecule has 1 aromatic heterocycles. The Kier molecular flexibility index (Phi) is 5.31. The third-order valence-electron chi connectivity index (χ3n) is 2.79. The van der Waals surface area contributed by atoms with Gasteiger partial charge in [-0.3, -0.25) is 0 Å². The lowest BCUT2D eigenvalue weighted by atomic mass is 10.1. The number of halogens is 1. The first-order valence-corrected chi connectivity index (χ1v) is 9.17. The van der Waals surface area contributed by atoms with Gasteiger partial charge in [0.15, 0.2) is 0 Å². The number of rotatable bonds is 4. The van der Waals surface area contributed by atoms with Crippen LogP contribution >= 0.6 is 27.3 Å². The quantitative estimate of drug-likeness (QED) is 0.793. The minimum atomic E-state index is -1.12. The van der Waals surface area contributed by atoms with Gasteiger partial charge in [0, 0.05) is 26.1 Å². The van der Waals surface area contributed by atoms with Gasteiger partial charge in [-0.15, -0.1) is 16.1 Å². The van der Waals surface area contributed by atoms with E-state index >= 15 is 0 Å². The SMILES string of the molecule is CC(C)(C)[S@+]([O-])N[C@@H](c1ccccc1)c1cc(Br)cs1. The molecule has 1 aromatic carbocycles. The van der Waals surface area contributed by atoms with Crippen molar-refractivity contribution in [3.8, 4) is 0 Å². The van der Waals surface area contributed by atoms with Crippen LogP contribution in [0.15, 0.2) is 46.3 Å². The first-order chi connectivity index (χ1) is 9.38. The smallest absolute Gasteiger partial charge is 0.136 e. The maximum atomic E-state index is 12.4. The van der Waals surface area contributed by atoms with E-state index < -0.39 is 11.4 Å². The van der Waals surface area contributed by atoms with Crippen molar-refractivity contribution in [2.75, 3.05) is 0 Å². The molecule has 0 unspecified atom stereocenters. The number of thiophene rings is 1. The predicted octanol–water partition coefficient (Wildman–Crippen LogP) is 4.65. The molecule has 108 valence electrons. The number of hydrogen-bond acceptors (Lipinski definition) is 3. The van der Waals surface area contributed by atoms with Gasteiger partial charge in [0.2, 0.25) is 0 Å². The zero-order valence-corrected chi connectivity index (χ0v) is 14.9. The highest BCUT2D eigenvalue weighted by molar-refractivity contribution is 9.10. The molecule has 0 aliphatic carbocycles. The van der Waals surface area contributed by atoms with E-state index in [9.17, 15) is 4.55 Å². The summed E-state index contributed by atoms with van der Waals surface area (Å²) in [7, 11) is 0. The topological polar surface area (TPSA) is 35.1 Å². The molecule has 0 amide bonds. The van der Waals surface area contributed by atoms with Gasteiger partial charge in [-0.05, 0) is 48.3 Å². The van der Waals surface area contributed by atoms with Crippen LogP contribution in [0.4, 0.5) is 0 Å². The van der Waals surface area contributed by atoms with Crippen molar-refractivity contribution in [1.82, 2.24) is 4.72 Å². The van der Waals surface area contributed by atoms with Crippen LogP contribution in [-0.2, 0) is 11.4 Å². The molecule has 0 aliphatic rings. The summed E-state index contributed by atoms with van der Waals surface area (Å²) in [5.41, 5.74) is 1.12. The first kappa shape index (κ1) is 16.0. The summed E-state index contributed by atoms with van der Waals surface area (Å²) in [6.45, 7) is 5.92. The Morgan fingerprint density at radius 1 is 1.25 bits per heavy atom. The molecule has 1 N–H and O–H groups in total. The molecule has 2 nitrogen and oxygen atoms in total. The maximum Gasteiger partial charge on any atom is 0.136 e. The molecule has 0 spiro atoms. The van der Waals surface area contributed by atoms with Gasteiger partial charge in [0.25, 0.3) is 0 Å². The van der Waals surface area contributed by atoms with Gasteiger partial charge in [0.05, 0.1) is 0 Å². The molecule has 2 aromatic rings. The van der Waals surface area contributed by atoms with E-state index in [4.69, 9.17) is 0 Å². The number of hydrogen-bond donors (Lipinski definition) is 1. The minimum Gasteiger partial charge on any atom is -0.598 e. The fourth-order valence-electron chi connectivity index (χ4n) is 1.70. The normalized spacial score (nSPS) is 15.1. The van der Waals surface area contributed by atoms with E-state index in [0.29, 0.717) is 0 Å². The van der Waals surface area contributed by atoms with Gasteiger partial charge in [-0.1, -0.05) is 30.3 Å². The summed E-state index contributed by atoms with van der Waals surface area (Å²) >= 11 is 4.03. The number of nitrogens with one attached hydrogen (secondary N) is 1. The Labute approximate surface area is 136 Å². The van der Waals surface area contributed by atoms with E-state index in [1.807, 2.05) is 44.4 Å². The molecule has 0 fully saturated rings. The molecule has 0 radical (unpaired) electrons. The van der Waals surface area contributed by atoms with Crippen molar-refractivity contribution in [3.63, 3.8) is 0 Å². The summed E-state index contributed by atoms with van der Waals surface area (Å²) in [6, 6.07) is 12.2. The zero-order valence-electron chi connectivity index (χ0n) is 11.7. The highest BCUT2D eigenvalue weighted by Crippen LogP contribution is 2.31.